The largest absolute Gasteiger partial charge is 0.346 e. The summed E-state index contributed by atoms with van der Waals surface area (Å²) in [4.78, 5) is 14.4. The Kier molecular flexibility index (Phi) is 2.97. The molecule has 2 unspecified atom stereocenters. The maximum Gasteiger partial charge on any atom is 0.346 e. The lowest BCUT2D eigenvalue weighted by Crippen LogP contribution is -2.44. The zero-order valence-electron chi connectivity index (χ0n) is 11.3. The Morgan fingerprint density at radius 1 is 1.21 bits per heavy atom. The molecule has 3 rings (SSSR count). The van der Waals surface area contributed by atoms with Gasteiger partial charge in [-0.1, -0.05) is 31.2 Å². The number of hydrogen-bond acceptors (Lipinski definition) is 3. The number of rotatable bonds is 0. The summed E-state index contributed by atoms with van der Waals surface area (Å²) in [6.45, 7) is 5.99. The number of benzene rings is 1. The SMILES string of the molecule is CC1CC(C)CN(C(=O)n2nnc3ccccc32)C1. The molecule has 1 aromatic heterocycles. The average Bonchev–Trinajstić information content (AvgIpc) is 2.80. The molecule has 0 bridgehead atoms. The number of nitrogens with zero attached hydrogens (tertiary/aromatic N) is 4. The van der Waals surface area contributed by atoms with Crippen molar-refractivity contribution in [3.63, 3.8) is 0 Å². The van der Waals surface area contributed by atoms with Crippen LogP contribution in [0.2, 0.25) is 0 Å². The Labute approximate surface area is 112 Å². The van der Waals surface area contributed by atoms with E-state index in [9.17, 15) is 4.79 Å². The first-order valence-corrected chi connectivity index (χ1v) is 6.75. The number of fused-ring (bicyclic) bond motifs is 1. The second-order valence-electron chi connectivity index (χ2n) is 5.62. The number of aromatic nitrogens is 3. The molecule has 1 aromatic carbocycles. The van der Waals surface area contributed by atoms with E-state index in [-0.39, 0.29) is 6.03 Å². The number of carbonyl (C=O) groups is 1. The Bertz CT molecular complexity index is 596. The standard InChI is InChI=1S/C14H18N4O/c1-10-7-11(2)9-17(8-10)14(19)18-13-6-4-3-5-12(13)15-16-18/h3-6,10-11H,7-9H2,1-2H3. The van der Waals surface area contributed by atoms with Crippen LogP contribution in [0.25, 0.3) is 11.0 Å². The molecule has 2 aromatic rings. The van der Waals surface area contributed by atoms with Gasteiger partial charge in [0.25, 0.3) is 0 Å². The quantitative estimate of drug-likeness (QED) is 0.729. The third kappa shape index (κ3) is 2.20. The summed E-state index contributed by atoms with van der Waals surface area (Å²) in [5.41, 5.74) is 1.53. The van der Waals surface area contributed by atoms with Crippen molar-refractivity contribution < 1.29 is 4.79 Å². The van der Waals surface area contributed by atoms with E-state index in [4.69, 9.17) is 0 Å². The van der Waals surface area contributed by atoms with Gasteiger partial charge in [0.15, 0.2) is 0 Å². The van der Waals surface area contributed by atoms with Gasteiger partial charge in [0.05, 0.1) is 5.52 Å². The van der Waals surface area contributed by atoms with E-state index in [1.807, 2.05) is 29.2 Å². The van der Waals surface area contributed by atoms with E-state index in [1.54, 1.807) is 0 Å². The highest BCUT2D eigenvalue weighted by molar-refractivity contribution is 5.87. The molecular weight excluding hydrogens is 240 g/mol. The summed E-state index contributed by atoms with van der Waals surface area (Å²) in [5.74, 6) is 1.09. The summed E-state index contributed by atoms with van der Waals surface area (Å²) >= 11 is 0. The van der Waals surface area contributed by atoms with Gasteiger partial charge >= 0.3 is 6.03 Å². The van der Waals surface area contributed by atoms with E-state index in [1.165, 1.54) is 11.1 Å². The van der Waals surface area contributed by atoms with E-state index >= 15 is 0 Å². The molecule has 0 aliphatic carbocycles. The fourth-order valence-electron chi connectivity index (χ4n) is 2.96. The second kappa shape index (κ2) is 4.64. The van der Waals surface area contributed by atoms with E-state index in [0.29, 0.717) is 11.8 Å². The second-order valence-corrected chi connectivity index (χ2v) is 5.62. The monoisotopic (exact) mass is 258 g/mol. The lowest BCUT2D eigenvalue weighted by Gasteiger charge is -2.34. The Hall–Kier alpha value is -1.91. The molecular formula is C14H18N4O. The summed E-state index contributed by atoms with van der Waals surface area (Å²) in [6.07, 6.45) is 1.18. The van der Waals surface area contributed by atoms with Crippen LogP contribution >= 0.6 is 0 Å². The summed E-state index contributed by atoms with van der Waals surface area (Å²) in [5, 5.41) is 8.03. The summed E-state index contributed by atoms with van der Waals surface area (Å²) in [7, 11) is 0. The predicted octanol–water partition coefficient (Wildman–Crippen LogP) is 2.38. The Morgan fingerprint density at radius 3 is 2.63 bits per heavy atom. The average molecular weight is 258 g/mol. The lowest BCUT2D eigenvalue weighted by atomic mass is 9.92. The van der Waals surface area contributed by atoms with Gasteiger partial charge in [-0.25, -0.2) is 4.79 Å². The van der Waals surface area contributed by atoms with E-state index in [0.717, 1.165) is 24.1 Å². The molecule has 100 valence electrons. The molecule has 0 saturated carbocycles. The highest BCUT2D eigenvalue weighted by atomic mass is 16.2. The van der Waals surface area contributed by atoms with E-state index in [2.05, 4.69) is 24.2 Å². The minimum Gasteiger partial charge on any atom is -0.322 e. The molecule has 1 amide bonds. The van der Waals surface area contributed by atoms with Crippen molar-refractivity contribution in [2.75, 3.05) is 13.1 Å². The summed E-state index contributed by atoms with van der Waals surface area (Å²) < 4.78 is 1.42. The maximum atomic E-state index is 12.6. The first kappa shape index (κ1) is 12.1. The van der Waals surface area contributed by atoms with Gasteiger partial charge in [0.2, 0.25) is 0 Å². The molecule has 1 aliphatic heterocycles. The van der Waals surface area contributed by atoms with Crippen molar-refractivity contribution in [2.24, 2.45) is 11.8 Å². The van der Waals surface area contributed by atoms with Crippen LogP contribution in [0, 0.1) is 11.8 Å². The topological polar surface area (TPSA) is 51.0 Å². The van der Waals surface area contributed by atoms with Crippen LogP contribution in [0.5, 0.6) is 0 Å². The third-order valence-electron chi connectivity index (χ3n) is 3.67. The smallest absolute Gasteiger partial charge is 0.322 e. The van der Waals surface area contributed by atoms with Crippen LogP contribution in [-0.2, 0) is 0 Å². The third-order valence-corrected chi connectivity index (χ3v) is 3.67. The summed E-state index contributed by atoms with van der Waals surface area (Å²) in [6, 6.07) is 7.48. The zero-order chi connectivity index (χ0) is 13.4. The highest BCUT2D eigenvalue weighted by Gasteiger charge is 2.27. The van der Waals surface area contributed by atoms with Crippen molar-refractivity contribution >= 4 is 17.1 Å². The van der Waals surface area contributed by atoms with Gasteiger partial charge in [-0.2, -0.15) is 4.68 Å². The van der Waals surface area contributed by atoms with Crippen molar-refractivity contribution in [3.8, 4) is 0 Å². The molecule has 1 aliphatic rings. The van der Waals surface area contributed by atoms with Gasteiger partial charge in [-0.05, 0) is 30.4 Å². The molecule has 5 nitrogen and oxygen atoms in total. The van der Waals surface area contributed by atoms with Gasteiger partial charge in [-0.3, -0.25) is 0 Å². The number of likely N-dealkylation sites (tertiary alicyclic amines) is 1. The molecule has 0 radical (unpaired) electrons. The van der Waals surface area contributed by atoms with Crippen LogP contribution < -0.4 is 0 Å². The van der Waals surface area contributed by atoms with Crippen molar-refractivity contribution in [1.82, 2.24) is 19.9 Å². The van der Waals surface area contributed by atoms with Crippen LogP contribution in [0.1, 0.15) is 20.3 Å². The number of amides is 1. The number of para-hydroxylation sites is 1. The maximum absolute atomic E-state index is 12.6. The van der Waals surface area contributed by atoms with Gasteiger partial charge < -0.3 is 4.90 Å². The van der Waals surface area contributed by atoms with Gasteiger partial charge in [0.1, 0.15) is 5.52 Å². The molecule has 0 spiro atoms. The first-order chi connectivity index (χ1) is 9.15. The fraction of sp³-hybridized carbons (Fsp3) is 0.500. The minimum absolute atomic E-state index is 0.0629. The van der Waals surface area contributed by atoms with Crippen molar-refractivity contribution in [3.05, 3.63) is 24.3 Å². The van der Waals surface area contributed by atoms with Crippen molar-refractivity contribution in [2.45, 2.75) is 20.3 Å². The molecule has 2 heterocycles. The number of hydrogen-bond donors (Lipinski definition) is 0. The molecule has 5 heteroatoms. The van der Waals surface area contributed by atoms with E-state index < -0.39 is 0 Å². The first-order valence-electron chi connectivity index (χ1n) is 6.75. The van der Waals surface area contributed by atoms with Crippen LogP contribution in [0.3, 0.4) is 0 Å². The predicted molar refractivity (Wildman–Crippen MR) is 72.8 cm³/mol. The van der Waals surface area contributed by atoms with Crippen LogP contribution in [0.4, 0.5) is 4.79 Å². The minimum atomic E-state index is -0.0629. The normalized spacial score (nSPS) is 23.8. The molecule has 1 fully saturated rings. The van der Waals surface area contributed by atoms with Gasteiger partial charge in [-0.15, -0.1) is 5.10 Å². The van der Waals surface area contributed by atoms with Crippen LogP contribution in [-0.4, -0.2) is 39.0 Å². The van der Waals surface area contributed by atoms with Crippen LogP contribution in [0.15, 0.2) is 24.3 Å². The molecule has 0 N–H and O–H groups in total. The highest BCUT2D eigenvalue weighted by Crippen LogP contribution is 2.22. The molecule has 1 saturated heterocycles. The van der Waals surface area contributed by atoms with Crippen molar-refractivity contribution in [1.29, 1.82) is 0 Å². The lowest BCUT2D eigenvalue weighted by molar-refractivity contribution is 0.145. The van der Waals surface area contributed by atoms with Gasteiger partial charge in [0, 0.05) is 13.1 Å². The fourth-order valence-corrected chi connectivity index (χ4v) is 2.96. The Balaban J connectivity index is 1.91. The molecule has 19 heavy (non-hydrogen) atoms. The Morgan fingerprint density at radius 2 is 1.89 bits per heavy atom. The zero-order valence-corrected chi connectivity index (χ0v) is 11.3. The number of piperidine rings is 1. The molecule has 2 atom stereocenters. The number of carbonyl (C=O) groups excluding carboxylic acids is 1.